The molecule has 1 aromatic heterocycles. The molecule has 0 bridgehead atoms. The fraction of sp³-hybridized carbons (Fsp3) is 0.294. The molecule has 2 aromatic rings. The fourth-order valence-corrected chi connectivity index (χ4v) is 2.58. The molecule has 0 unspecified atom stereocenters. The highest BCUT2D eigenvalue weighted by atomic mass is 35.5. The van der Waals surface area contributed by atoms with Crippen LogP contribution in [0.25, 0.3) is 11.6 Å². The van der Waals surface area contributed by atoms with Crippen LogP contribution in [0.3, 0.4) is 0 Å². The lowest BCUT2D eigenvalue weighted by molar-refractivity contribution is -0.384. The topological polar surface area (TPSA) is 84.8 Å². The van der Waals surface area contributed by atoms with Crippen molar-refractivity contribution in [1.29, 1.82) is 5.26 Å². The average Bonchev–Trinajstić information content (AvgIpc) is 2.78. The van der Waals surface area contributed by atoms with Gasteiger partial charge in [0, 0.05) is 24.2 Å². The highest BCUT2D eigenvalue weighted by molar-refractivity contribution is 6.31. The molecule has 6 nitrogen and oxygen atoms in total. The van der Waals surface area contributed by atoms with Gasteiger partial charge in [0.05, 0.1) is 22.3 Å². The molecule has 7 heteroatoms. The number of benzene rings is 1. The van der Waals surface area contributed by atoms with Crippen LogP contribution >= 0.6 is 11.6 Å². The van der Waals surface area contributed by atoms with E-state index >= 15 is 0 Å². The third-order valence-electron chi connectivity index (χ3n) is 3.45. The minimum absolute atomic E-state index is 0.0185. The molecular formula is C17H17ClN4O2. The molecule has 1 heterocycles. The molecule has 0 spiro atoms. The van der Waals surface area contributed by atoms with Gasteiger partial charge in [0.1, 0.15) is 5.15 Å². The summed E-state index contributed by atoms with van der Waals surface area (Å²) in [4.78, 5) is 10.2. The summed E-state index contributed by atoms with van der Waals surface area (Å²) in [6.45, 7) is 6.66. The van der Waals surface area contributed by atoms with E-state index in [1.165, 1.54) is 12.1 Å². The zero-order valence-electron chi connectivity index (χ0n) is 13.7. The van der Waals surface area contributed by atoms with Gasteiger partial charge in [-0.1, -0.05) is 25.4 Å². The fourth-order valence-electron chi connectivity index (χ4n) is 2.29. The number of aromatic nitrogens is 2. The van der Waals surface area contributed by atoms with Crippen LogP contribution in [0.4, 0.5) is 5.69 Å². The Kier molecular flexibility index (Phi) is 5.37. The van der Waals surface area contributed by atoms with Gasteiger partial charge in [0.25, 0.3) is 5.69 Å². The van der Waals surface area contributed by atoms with Gasteiger partial charge >= 0.3 is 0 Å². The number of hydrogen-bond donors (Lipinski definition) is 0. The maximum atomic E-state index is 10.7. The highest BCUT2D eigenvalue weighted by Crippen LogP contribution is 2.27. The first-order valence-corrected chi connectivity index (χ1v) is 7.80. The summed E-state index contributed by atoms with van der Waals surface area (Å²) in [6, 6.07) is 7.96. The van der Waals surface area contributed by atoms with Gasteiger partial charge in [0.15, 0.2) is 0 Å². The maximum Gasteiger partial charge on any atom is 0.269 e. The molecule has 0 radical (unpaired) electrons. The molecule has 0 saturated heterocycles. The lowest BCUT2D eigenvalue weighted by Gasteiger charge is -2.05. The number of aryl methyl sites for hydroxylation is 1. The average molecular weight is 345 g/mol. The Morgan fingerprint density at radius 2 is 2.08 bits per heavy atom. The van der Waals surface area contributed by atoms with Gasteiger partial charge in [-0.25, -0.2) is 0 Å². The number of nitrogens with zero attached hydrogens (tertiary/aromatic N) is 4. The predicted octanol–water partition coefficient (Wildman–Crippen LogP) is 4.47. The van der Waals surface area contributed by atoms with Gasteiger partial charge in [-0.15, -0.1) is 0 Å². The SMILES string of the molecule is Cc1nn(CC(C)C)c(Cl)c1/C=C(\C#N)c1ccc([N+](=O)[O-])cc1. The first-order valence-electron chi connectivity index (χ1n) is 7.43. The largest absolute Gasteiger partial charge is 0.269 e. The van der Waals surface area contributed by atoms with Crippen molar-refractivity contribution < 1.29 is 4.92 Å². The first-order chi connectivity index (χ1) is 11.3. The van der Waals surface area contributed by atoms with Crippen molar-refractivity contribution in [3.8, 4) is 6.07 Å². The molecule has 0 fully saturated rings. The van der Waals surface area contributed by atoms with Crippen molar-refractivity contribution in [3.05, 3.63) is 56.4 Å². The van der Waals surface area contributed by atoms with Gasteiger partial charge in [-0.2, -0.15) is 10.4 Å². The lowest BCUT2D eigenvalue weighted by atomic mass is 10.0. The van der Waals surface area contributed by atoms with Crippen molar-refractivity contribution in [3.63, 3.8) is 0 Å². The molecule has 2 rings (SSSR count). The predicted molar refractivity (Wildman–Crippen MR) is 93.4 cm³/mol. The van der Waals surface area contributed by atoms with E-state index in [0.29, 0.717) is 34.3 Å². The van der Waals surface area contributed by atoms with E-state index in [1.54, 1.807) is 22.9 Å². The van der Waals surface area contributed by atoms with Crippen molar-refractivity contribution in [2.75, 3.05) is 0 Å². The molecular weight excluding hydrogens is 328 g/mol. The number of hydrogen-bond acceptors (Lipinski definition) is 4. The summed E-state index contributed by atoms with van der Waals surface area (Å²) in [5.74, 6) is 0.392. The van der Waals surface area contributed by atoms with E-state index < -0.39 is 4.92 Å². The van der Waals surface area contributed by atoms with Crippen LogP contribution in [-0.4, -0.2) is 14.7 Å². The molecule has 0 aliphatic carbocycles. The molecule has 0 N–H and O–H groups in total. The van der Waals surface area contributed by atoms with E-state index in [9.17, 15) is 15.4 Å². The van der Waals surface area contributed by atoms with Crippen LogP contribution in [0.15, 0.2) is 24.3 Å². The quantitative estimate of drug-likeness (QED) is 0.455. The second kappa shape index (κ2) is 7.28. The molecule has 0 aliphatic rings. The molecule has 0 saturated carbocycles. The number of allylic oxidation sites excluding steroid dienone is 1. The summed E-state index contributed by atoms with van der Waals surface area (Å²) in [5.41, 5.74) is 2.37. The summed E-state index contributed by atoms with van der Waals surface area (Å²) >= 11 is 6.39. The number of halogens is 1. The number of nitriles is 1. The van der Waals surface area contributed by atoms with E-state index in [4.69, 9.17) is 11.6 Å². The number of non-ortho nitro benzene ring substituents is 1. The van der Waals surface area contributed by atoms with Crippen LogP contribution in [-0.2, 0) is 6.54 Å². The normalized spacial score (nSPS) is 11.6. The Hall–Kier alpha value is -2.65. The Morgan fingerprint density at radius 1 is 1.46 bits per heavy atom. The Morgan fingerprint density at radius 3 is 2.58 bits per heavy atom. The van der Waals surface area contributed by atoms with Crippen molar-refractivity contribution >= 4 is 28.9 Å². The number of rotatable bonds is 5. The lowest BCUT2D eigenvalue weighted by Crippen LogP contribution is -2.06. The van der Waals surface area contributed by atoms with Gasteiger partial charge in [-0.3, -0.25) is 14.8 Å². The first kappa shape index (κ1) is 17.7. The molecule has 1 aromatic carbocycles. The van der Waals surface area contributed by atoms with E-state index in [0.717, 1.165) is 5.69 Å². The second-order valence-electron chi connectivity index (χ2n) is 5.84. The van der Waals surface area contributed by atoms with Gasteiger partial charge in [-0.05, 0) is 36.6 Å². The van der Waals surface area contributed by atoms with Crippen LogP contribution in [0.5, 0.6) is 0 Å². The Bertz CT molecular complexity index is 830. The summed E-state index contributed by atoms with van der Waals surface area (Å²) in [5, 5.41) is 25.0. The third-order valence-corrected chi connectivity index (χ3v) is 3.84. The van der Waals surface area contributed by atoms with Gasteiger partial charge < -0.3 is 0 Å². The Balaban J connectivity index is 2.42. The van der Waals surface area contributed by atoms with Crippen molar-refractivity contribution in [2.45, 2.75) is 27.3 Å². The van der Waals surface area contributed by atoms with Crippen molar-refractivity contribution in [1.82, 2.24) is 9.78 Å². The van der Waals surface area contributed by atoms with Crippen molar-refractivity contribution in [2.24, 2.45) is 5.92 Å². The van der Waals surface area contributed by atoms with Gasteiger partial charge in [0.2, 0.25) is 0 Å². The molecule has 0 aliphatic heterocycles. The second-order valence-corrected chi connectivity index (χ2v) is 6.20. The number of nitro groups is 1. The monoisotopic (exact) mass is 344 g/mol. The van der Waals surface area contributed by atoms with E-state index in [2.05, 4.69) is 25.0 Å². The van der Waals surface area contributed by atoms with E-state index in [-0.39, 0.29) is 5.69 Å². The zero-order chi connectivity index (χ0) is 17.9. The number of nitro benzene ring substituents is 1. The minimum atomic E-state index is -0.476. The molecule has 124 valence electrons. The molecule has 24 heavy (non-hydrogen) atoms. The summed E-state index contributed by atoms with van der Waals surface area (Å²) < 4.78 is 1.72. The summed E-state index contributed by atoms with van der Waals surface area (Å²) in [6.07, 6.45) is 1.67. The third kappa shape index (κ3) is 3.81. The summed E-state index contributed by atoms with van der Waals surface area (Å²) in [7, 11) is 0. The van der Waals surface area contributed by atoms with Crippen LogP contribution in [0.1, 0.15) is 30.7 Å². The van der Waals surface area contributed by atoms with Crippen LogP contribution < -0.4 is 0 Å². The maximum absolute atomic E-state index is 10.7. The van der Waals surface area contributed by atoms with Crippen LogP contribution in [0, 0.1) is 34.3 Å². The standard InChI is InChI=1S/C17H17ClN4O2/c1-11(2)10-21-17(18)16(12(3)20-21)8-14(9-19)13-4-6-15(7-5-13)22(23)24/h4-8,11H,10H2,1-3H3/b14-8+. The minimum Gasteiger partial charge on any atom is -0.258 e. The molecule has 0 atom stereocenters. The highest BCUT2D eigenvalue weighted by Gasteiger charge is 2.14. The zero-order valence-corrected chi connectivity index (χ0v) is 14.4. The smallest absolute Gasteiger partial charge is 0.258 e. The van der Waals surface area contributed by atoms with Crippen LogP contribution in [0.2, 0.25) is 5.15 Å². The van der Waals surface area contributed by atoms with E-state index in [1.807, 2.05) is 6.92 Å². The Labute approximate surface area is 145 Å². The molecule has 0 amide bonds.